The molecule has 2 rings (SSSR count). The van der Waals surface area contributed by atoms with Gasteiger partial charge >= 0.3 is 6.09 Å². The smallest absolute Gasteiger partial charge is 0.407 e. The zero-order valence-electron chi connectivity index (χ0n) is 12.8. The molecule has 1 saturated heterocycles. The molecule has 0 aromatic carbocycles. The van der Waals surface area contributed by atoms with Crippen molar-refractivity contribution in [3.63, 3.8) is 0 Å². The molecule has 0 radical (unpaired) electrons. The summed E-state index contributed by atoms with van der Waals surface area (Å²) in [5.41, 5.74) is 0.767. The van der Waals surface area contributed by atoms with Crippen molar-refractivity contribution in [1.82, 2.24) is 15.2 Å². The van der Waals surface area contributed by atoms with Crippen LogP contribution in [0, 0.1) is 0 Å². The van der Waals surface area contributed by atoms with Gasteiger partial charge in [-0.2, -0.15) is 0 Å². The van der Waals surface area contributed by atoms with E-state index >= 15 is 0 Å². The summed E-state index contributed by atoms with van der Waals surface area (Å²) in [7, 11) is 0. The number of alkyl carbamates (subject to hydrolysis) is 1. The minimum Gasteiger partial charge on any atom is -0.444 e. The van der Waals surface area contributed by atoms with E-state index in [2.05, 4.69) is 28.2 Å². The highest BCUT2D eigenvalue weighted by Gasteiger charge is 2.29. The SMILES string of the molecule is C[C@H](c1ccc[nH]1)N1CC[C@@H](NC(=O)OC(C)(C)C)C1. The summed E-state index contributed by atoms with van der Waals surface area (Å²) in [5, 5.41) is 2.95. The number of nitrogens with zero attached hydrogens (tertiary/aromatic N) is 1. The summed E-state index contributed by atoms with van der Waals surface area (Å²) in [6.45, 7) is 9.66. The van der Waals surface area contributed by atoms with Gasteiger partial charge in [-0.05, 0) is 46.2 Å². The first-order valence-electron chi connectivity index (χ1n) is 7.22. The summed E-state index contributed by atoms with van der Waals surface area (Å²) in [5.74, 6) is 0. The van der Waals surface area contributed by atoms with Crippen LogP contribution >= 0.6 is 0 Å². The third kappa shape index (κ3) is 4.00. The number of hydrogen-bond donors (Lipinski definition) is 2. The summed E-state index contributed by atoms with van der Waals surface area (Å²) >= 11 is 0. The van der Waals surface area contributed by atoms with E-state index in [0.717, 1.165) is 19.5 Å². The van der Waals surface area contributed by atoms with Crippen molar-refractivity contribution in [3.05, 3.63) is 24.0 Å². The molecule has 0 saturated carbocycles. The Morgan fingerprint density at radius 3 is 2.90 bits per heavy atom. The van der Waals surface area contributed by atoms with E-state index in [4.69, 9.17) is 4.74 Å². The van der Waals surface area contributed by atoms with Gasteiger partial charge in [0.1, 0.15) is 5.60 Å². The van der Waals surface area contributed by atoms with Gasteiger partial charge in [0.25, 0.3) is 0 Å². The van der Waals surface area contributed by atoms with Gasteiger partial charge in [0.15, 0.2) is 0 Å². The number of carbonyl (C=O) groups is 1. The van der Waals surface area contributed by atoms with E-state index in [9.17, 15) is 4.79 Å². The Morgan fingerprint density at radius 2 is 2.30 bits per heavy atom. The van der Waals surface area contributed by atoms with Gasteiger partial charge in [-0.15, -0.1) is 0 Å². The number of ether oxygens (including phenoxy) is 1. The van der Waals surface area contributed by atoms with E-state index in [1.54, 1.807) is 0 Å². The lowest BCUT2D eigenvalue weighted by atomic mass is 10.2. The van der Waals surface area contributed by atoms with Crippen LogP contribution in [0.1, 0.15) is 45.9 Å². The van der Waals surface area contributed by atoms with Crippen LogP contribution in [0.3, 0.4) is 0 Å². The minimum atomic E-state index is -0.445. The molecular weight excluding hydrogens is 254 g/mol. The molecule has 20 heavy (non-hydrogen) atoms. The number of aromatic nitrogens is 1. The molecule has 1 amide bonds. The Morgan fingerprint density at radius 1 is 1.55 bits per heavy atom. The Balaban J connectivity index is 1.82. The average molecular weight is 279 g/mol. The maximum Gasteiger partial charge on any atom is 0.407 e. The van der Waals surface area contributed by atoms with Crippen molar-refractivity contribution in [2.24, 2.45) is 0 Å². The van der Waals surface area contributed by atoms with E-state index in [1.807, 2.05) is 33.0 Å². The molecular formula is C15H25N3O2. The van der Waals surface area contributed by atoms with E-state index in [0.29, 0.717) is 6.04 Å². The van der Waals surface area contributed by atoms with Crippen LogP contribution in [0.25, 0.3) is 0 Å². The van der Waals surface area contributed by atoms with Gasteiger partial charge < -0.3 is 15.0 Å². The topological polar surface area (TPSA) is 57.4 Å². The zero-order valence-corrected chi connectivity index (χ0v) is 12.8. The molecule has 1 aromatic rings. The Bertz CT molecular complexity index is 436. The van der Waals surface area contributed by atoms with Gasteiger partial charge in [-0.3, -0.25) is 4.90 Å². The Hall–Kier alpha value is -1.49. The molecule has 0 spiro atoms. The fourth-order valence-corrected chi connectivity index (χ4v) is 2.53. The minimum absolute atomic E-state index is 0.169. The highest BCUT2D eigenvalue weighted by molar-refractivity contribution is 5.68. The van der Waals surface area contributed by atoms with Crippen LogP contribution in [-0.4, -0.2) is 40.7 Å². The first-order valence-corrected chi connectivity index (χ1v) is 7.22. The van der Waals surface area contributed by atoms with Crippen molar-refractivity contribution < 1.29 is 9.53 Å². The predicted molar refractivity (Wildman–Crippen MR) is 78.6 cm³/mol. The number of nitrogens with one attached hydrogen (secondary N) is 2. The summed E-state index contributed by atoms with van der Waals surface area (Å²) in [6, 6.07) is 4.62. The van der Waals surface area contributed by atoms with Gasteiger partial charge in [0, 0.05) is 37.1 Å². The highest BCUT2D eigenvalue weighted by Crippen LogP contribution is 2.23. The lowest BCUT2D eigenvalue weighted by Gasteiger charge is -2.24. The number of H-pyrrole nitrogens is 1. The van der Waals surface area contributed by atoms with E-state index in [-0.39, 0.29) is 12.1 Å². The molecule has 2 atom stereocenters. The molecule has 1 aromatic heterocycles. The average Bonchev–Trinajstić information content (AvgIpc) is 2.95. The standard InChI is InChI=1S/C15H25N3O2/c1-11(13-6-5-8-16-13)18-9-7-12(10-18)17-14(19)20-15(2,3)4/h5-6,8,11-12,16H,7,9-10H2,1-4H3,(H,17,19)/t11-,12-/m1/s1. The molecule has 0 unspecified atom stereocenters. The van der Waals surface area contributed by atoms with Gasteiger partial charge in [0.05, 0.1) is 0 Å². The maximum absolute atomic E-state index is 11.8. The third-order valence-corrected chi connectivity index (χ3v) is 3.56. The van der Waals surface area contributed by atoms with E-state index in [1.165, 1.54) is 5.69 Å². The first kappa shape index (κ1) is 14.9. The molecule has 5 nitrogen and oxygen atoms in total. The normalized spacial score (nSPS) is 21.7. The number of hydrogen-bond acceptors (Lipinski definition) is 3. The molecule has 2 heterocycles. The van der Waals surface area contributed by atoms with Crippen LogP contribution in [0.4, 0.5) is 4.79 Å². The summed E-state index contributed by atoms with van der Waals surface area (Å²) in [4.78, 5) is 17.4. The highest BCUT2D eigenvalue weighted by atomic mass is 16.6. The zero-order chi connectivity index (χ0) is 14.8. The van der Waals surface area contributed by atoms with Crippen molar-refractivity contribution in [2.75, 3.05) is 13.1 Å². The molecule has 0 bridgehead atoms. The van der Waals surface area contributed by atoms with Crippen LogP contribution < -0.4 is 5.32 Å². The molecule has 2 N–H and O–H groups in total. The second-order valence-electron chi connectivity index (χ2n) is 6.43. The molecule has 1 aliphatic heterocycles. The summed E-state index contributed by atoms with van der Waals surface area (Å²) in [6.07, 6.45) is 2.58. The third-order valence-electron chi connectivity index (χ3n) is 3.56. The number of aromatic amines is 1. The van der Waals surface area contributed by atoms with Crippen molar-refractivity contribution in [2.45, 2.75) is 51.8 Å². The fourth-order valence-electron chi connectivity index (χ4n) is 2.53. The first-order chi connectivity index (χ1) is 9.35. The van der Waals surface area contributed by atoms with Gasteiger partial charge in [-0.1, -0.05) is 0 Å². The lowest BCUT2D eigenvalue weighted by molar-refractivity contribution is 0.0504. The number of rotatable bonds is 3. The van der Waals surface area contributed by atoms with Crippen LogP contribution in [-0.2, 0) is 4.74 Å². The van der Waals surface area contributed by atoms with E-state index < -0.39 is 5.60 Å². The predicted octanol–water partition coefficient (Wildman–Crippen LogP) is 2.67. The molecule has 0 aliphatic carbocycles. The molecule has 1 fully saturated rings. The largest absolute Gasteiger partial charge is 0.444 e. The van der Waals surface area contributed by atoms with Crippen LogP contribution in [0.5, 0.6) is 0 Å². The summed E-state index contributed by atoms with van der Waals surface area (Å²) < 4.78 is 5.29. The van der Waals surface area contributed by atoms with Gasteiger partial charge in [-0.25, -0.2) is 4.79 Å². The van der Waals surface area contributed by atoms with Crippen LogP contribution in [0.15, 0.2) is 18.3 Å². The fraction of sp³-hybridized carbons (Fsp3) is 0.667. The molecule has 112 valence electrons. The number of likely N-dealkylation sites (tertiary alicyclic amines) is 1. The Labute approximate surface area is 120 Å². The monoisotopic (exact) mass is 279 g/mol. The molecule has 1 aliphatic rings. The van der Waals surface area contributed by atoms with Gasteiger partial charge in [0.2, 0.25) is 0 Å². The van der Waals surface area contributed by atoms with Crippen LogP contribution in [0.2, 0.25) is 0 Å². The Kier molecular flexibility index (Phi) is 4.38. The quantitative estimate of drug-likeness (QED) is 0.894. The lowest BCUT2D eigenvalue weighted by Crippen LogP contribution is -2.40. The second kappa shape index (κ2) is 5.87. The second-order valence-corrected chi connectivity index (χ2v) is 6.43. The maximum atomic E-state index is 11.8. The molecule has 5 heteroatoms. The number of carbonyl (C=O) groups excluding carboxylic acids is 1. The number of amides is 1. The van der Waals surface area contributed by atoms with Crippen molar-refractivity contribution in [3.8, 4) is 0 Å². The van der Waals surface area contributed by atoms with Crippen molar-refractivity contribution >= 4 is 6.09 Å². The van der Waals surface area contributed by atoms with Crippen molar-refractivity contribution in [1.29, 1.82) is 0 Å².